The molecule has 1 heterocycles. The number of ether oxygens (including phenoxy) is 1. The molecule has 0 bridgehead atoms. The van der Waals surface area contributed by atoms with Gasteiger partial charge >= 0.3 is 0 Å². The molecule has 0 aliphatic heterocycles. The maximum atomic E-state index is 5.69. The van der Waals surface area contributed by atoms with Crippen molar-refractivity contribution in [3.8, 4) is 5.75 Å². The minimum atomic E-state index is 0.259. The van der Waals surface area contributed by atoms with Crippen molar-refractivity contribution >= 4 is 11.8 Å². The highest BCUT2D eigenvalue weighted by Gasteiger charge is 2.16. The number of nitrogens with zero attached hydrogens (tertiary/aromatic N) is 3. The lowest BCUT2D eigenvalue weighted by atomic mass is 10.0. The fourth-order valence-electron chi connectivity index (χ4n) is 2.34. The molecule has 2 rings (SSSR count). The van der Waals surface area contributed by atoms with Crippen LogP contribution in [0, 0.1) is 6.92 Å². The number of nitrogen functional groups attached to an aromatic ring is 1. The number of hydrogen-bond acceptors (Lipinski definition) is 5. The molecule has 2 aromatic rings. The summed E-state index contributed by atoms with van der Waals surface area (Å²) in [4.78, 5) is 10.5. The third-order valence-corrected chi connectivity index (χ3v) is 3.67. The van der Waals surface area contributed by atoms with Gasteiger partial charge in [0.05, 0.1) is 7.11 Å². The topological polar surface area (TPSA) is 64.3 Å². The summed E-state index contributed by atoms with van der Waals surface area (Å²) < 4.78 is 5.41. The third kappa shape index (κ3) is 3.42. The molecule has 1 aromatic heterocycles. The van der Waals surface area contributed by atoms with Crippen LogP contribution < -0.4 is 15.4 Å². The summed E-state index contributed by atoms with van der Waals surface area (Å²) >= 11 is 0. The van der Waals surface area contributed by atoms with Gasteiger partial charge in [-0.2, -0.15) is 4.98 Å². The van der Waals surface area contributed by atoms with E-state index in [4.69, 9.17) is 10.5 Å². The second-order valence-corrected chi connectivity index (χ2v) is 5.21. The van der Waals surface area contributed by atoms with Crippen LogP contribution in [0.4, 0.5) is 11.8 Å². The van der Waals surface area contributed by atoms with Gasteiger partial charge in [0.2, 0.25) is 5.95 Å². The molecule has 1 aromatic carbocycles. The predicted octanol–water partition coefficient (Wildman–Crippen LogP) is 2.44. The first-order chi connectivity index (χ1) is 10.0. The van der Waals surface area contributed by atoms with E-state index in [2.05, 4.69) is 27.9 Å². The fourth-order valence-corrected chi connectivity index (χ4v) is 2.34. The van der Waals surface area contributed by atoms with Crippen molar-refractivity contribution < 1.29 is 4.74 Å². The smallest absolute Gasteiger partial charge is 0.221 e. The number of nitrogens with two attached hydrogens (primary N) is 1. The van der Waals surface area contributed by atoms with E-state index in [-0.39, 0.29) is 6.04 Å². The molecule has 0 aliphatic carbocycles. The first-order valence-electron chi connectivity index (χ1n) is 6.96. The lowest BCUT2D eigenvalue weighted by molar-refractivity contribution is 0.408. The standard InChI is InChI=1S/C16H22N4O/c1-11-10-18-16(17)19-15(11)20(3)12(2)9-13-7-5-6-8-14(13)21-4/h5-8,10,12H,9H2,1-4H3,(H2,17,18,19). The Labute approximate surface area is 125 Å². The third-order valence-electron chi connectivity index (χ3n) is 3.67. The van der Waals surface area contributed by atoms with Crippen LogP contribution in [0.15, 0.2) is 30.5 Å². The second-order valence-electron chi connectivity index (χ2n) is 5.21. The molecule has 0 saturated carbocycles. The van der Waals surface area contributed by atoms with E-state index in [1.54, 1.807) is 13.3 Å². The minimum absolute atomic E-state index is 0.259. The number of methoxy groups -OCH3 is 1. The monoisotopic (exact) mass is 286 g/mol. The van der Waals surface area contributed by atoms with Gasteiger partial charge in [-0.1, -0.05) is 18.2 Å². The van der Waals surface area contributed by atoms with Crippen molar-refractivity contribution in [3.63, 3.8) is 0 Å². The van der Waals surface area contributed by atoms with E-state index < -0.39 is 0 Å². The molecule has 5 heteroatoms. The number of hydrogen-bond donors (Lipinski definition) is 1. The molecule has 0 radical (unpaired) electrons. The molecule has 0 amide bonds. The number of anilines is 2. The van der Waals surface area contributed by atoms with Crippen LogP contribution in [0.2, 0.25) is 0 Å². The summed E-state index contributed by atoms with van der Waals surface area (Å²) in [6, 6.07) is 8.33. The van der Waals surface area contributed by atoms with Crippen molar-refractivity contribution in [1.29, 1.82) is 0 Å². The molecule has 5 nitrogen and oxygen atoms in total. The number of aromatic nitrogens is 2. The minimum Gasteiger partial charge on any atom is -0.496 e. The molecule has 21 heavy (non-hydrogen) atoms. The maximum absolute atomic E-state index is 5.69. The van der Waals surface area contributed by atoms with E-state index in [0.717, 1.165) is 23.6 Å². The van der Waals surface area contributed by atoms with Gasteiger partial charge in [-0.05, 0) is 31.9 Å². The van der Waals surface area contributed by atoms with Crippen LogP contribution >= 0.6 is 0 Å². The van der Waals surface area contributed by atoms with Crippen LogP contribution in [-0.2, 0) is 6.42 Å². The number of likely N-dealkylation sites (N-methyl/N-ethyl adjacent to an activating group) is 1. The zero-order valence-electron chi connectivity index (χ0n) is 13.0. The number of para-hydroxylation sites is 1. The first-order valence-corrected chi connectivity index (χ1v) is 6.96. The molecular formula is C16H22N4O. The Bertz CT molecular complexity index is 615. The quantitative estimate of drug-likeness (QED) is 0.914. The van der Waals surface area contributed by atoms with Crippen molar-refractivity contribution in [2.45, 2.75) is 26.3 Å². The second kappa shape index (κ2) is 6.43. The van der Waals surface area contributed by atoms with Crippen LogP contribution in [0.25, 0.3) is 0 Å². The Kier molecular flexibility index (Phi) is 4.62. The molecule has 112 valence electrons. The average Bonchev–Trinajstić information content (AvgIpc) is 2.49. The van der Waals surface area contributed by atoms with Crippen LogP contribution in [0.5, 0.6) is 5.75 Å². The van der Waals surface area contributed by atoms with Gasteiger partial charge < -0.3 is 15.4 Å². The zero-order chi connectivity index (χ0) is 15.4. The van der Waals surface area contributed by atoms with E-state index in [9.17, 15) is 0 Å². The molecule has 0 aliphatic rings. The van der Waals surface area contributed by atoms with E-state index in [0.29, 0.717) is 5.95 Å². The largest absolute Gasteiger partial charge is 0.496 e. The SMILES string of the molecule is COc1ccccc1CC(C)N(C)c1nc(N)ncc1C. The highest BCUT2D eigenvalue weighted by Crippen LogP contribution is 2.23. The fraction of sp³-hybridized carbons (Fsp3) is 0.375. The Balaban J connectivity index is 2.19. The van der Waals surface area contributed by atoms with Crippen molar-refractivity contribution in [2.24, 2.45) is 0 Å². The normalized spacial score (nSPS) is 12.0. The lowest BCUT2D eigenvalue weighted by Gasteiger charge is -2.27. The Morgan fingerprint density at radius 2 is 2.05 bits per heavy atom. The molecule has 0 spiro atoms. The molecule has 1 atom stereocenters. The molecule has 1 unspecified atom stereocenters. The highest BCUT2D eigenvalue weighted by atomic mass is 16.5. The molecule has 0 saturated heterocycles. The predicted molar refractivity (Wildman–Crippen MR) is 85.7 cm³/mol. The highest BCUT2D eigenvalue weighted by molar-refractivity contribution is 5.48. The van der Waals surface area contributed by atoms with Gasteiger partial charge in [0, 0.05) is 24.8 Å². The summed E-state index contributed by atoms with van der Waals surface area (Å²) in [7, 11) is 3.72. The Morgan fingerprint density at radius 1 is 1.33 bits per heavy atom. The maximum Gasteiger partial charge on any atom is 0.221 e. The lowest BCUT2D eigenvalue weighted by Crippen LogP contribution is -2.32. The average molecular weight is 286 g/mol. The van der Waals surface area contributed by atoms with Crippen LogP contribution in [-0.4, -0.2) is 30.2 Å². The van der Waals surface area contributed by atoms with Gasteiger partial charge in [-0.3, -0.25) is 0 Å². The van der Waals surface area contributed by atoms with Crippen molar-refractivity contribution in [1.82, 2.24) is 9.97 Å². The first kappa shape index (κ1) is 15.1. The van der Waals surface area contributed by atoms with Crippen molar-refractivity contribution in [3.05, 3.63) is 41.6 Å². The van der Waals surface area contributed by atoms with Gasteiger partial charge in [0.1, 0.15) is 11.6 Å². The number of benzene rings is 1. The van der Waals surface area contributed by atoms with Gasteiger partial charge in [0.15, 0.2) is 0 Å². The molecular weight excluding hydrogens is 264 g/mol. The summed E-state index contributed by atoms with van der Waals surface area (Å²) in [5.41, 5.74) is 7.89. The number of aryl methyl sites for hydroxylation is 1. The van der Waals surface area contributed by atoms with E-state index >= 15 is 0 Å². The van der Waals surface area contributed by atoms with Gasteiger partial charge in [-0.25, -0.2) is 4.98 Å². The molecule has 2 N–H and O–H groups in total. The Morgan fingerprint density at radius 3 is 2.76 bits per heavy atom. The van der Waals surface area contributed by atoms with Crippen LogP contribution in [0.3, 0.4) is 0 Å². The van der Waals surface area contributed by atoms with Gasteiger partial charge in [-0.15, -0.1) is 0 Å². The summed E-state index contributed by atoms with van der Waals surface area (Å²) in [6.45, 7) is 4.14. The van der Waals surface area contributed by atoms with Crippen molar-refractivity contribution in [2.75, 3.05) is 24.8 Å². The van der Waals surface area contributed by atoms with Crippen LogP contribution in [0.1, 0.15) is 18.1 Å². The van der Waals surface area contributed by atoms with Gasteiger partial charge in [0.25, 0.3) is 0 Å². The van der Waals surface area contributed by atoms with E-state index in [1.165, 1.54) is 5.56 Å². The summed E-state index contributed by atoms with van der Waals surface area (Å²) in [6.07, 6.45) is 2.62. The summed E-state index contributed by atoms with van der Waals surface area (Å²) in [5.74, 6) is 2.08. The van der Waals surface area contributed by atoms with E-state index in [1.807, 2.05) is 32.2 Å². The molecule has 0 fully saturated rings. The number of rotatable bonds is 5. The Hall–Kier alpha value is -2.30. The zero-order valence-corrected chi connectivity index (χ0v) is 13.0. The summed E-state index contributed by atoms with van der Waals surface area (Å²) in [5, 5.41) is 0.